The lowest BCUT2D eigenvalue weighted by atomic mass is 10.1. The molecule has 2 aromatic rings. The predicted molar refractivity (Wildman–Crippen MR) is 96.5 cm³/mol. The van der Waals surface area contributed by atoms with E-state index in [0.717, 1.165) is 11.1 Å². The smallest absolute Gasteiger partial charge is 0.227 e. The van der Waals surface area contributed by atoms with Gasteiger partial charge in [-0.05, 0) is 30.2 Å². The summed E-state index contributed by atoms with van der Waals surface area (Å²) < 4.78 is 5.33. The summed E-state index contributed by atoms with van der Waals surface area (Å²) in [5.41, 5.74) is 2.94. The third-order valence-corrected chi connectivity index (χ3v) is 4.59. The van der Waals surface area contributed by atoms with Crippen LogP contribution in [-0.4, -0.2) is 25.5 Å². The zero-order valence-corrected chi connectivity index (χ0v) is 14.5. The number of rotatable bonds is 5. The van der Waals surface area contributed by atoms with Gasteiger partial charge in [-0.3, -0.25) is 9.59 Å². The van der Waals surface area contributed by atoms with Crippen LogP contribution in [0.25, 0.3) is 0 Å². The molecule has 2 amide bonds. The van der Waals surface area contributed by atoms with E-state index < -0.39 is 0 Å². The minimum absolute atomic E-state index is 0.0551. The van der Waals surface area contributed by atoms with E-state index in [-0.39, 0.29) is 24.2 Å². The van der Waals surface area contributed by atoms with Crippen LogP contribution < -0.4 is 15.0 Å². The monoisotopic (exact) mass is 338 g/mol. The molecule has 1 atom stereocenters. The number of methoxy groups -OCH3 is 1. The average Bonchev–Trinajstić information content (AvgIpc) is 3.02. The van der Waals surface area contributed by atoms with Crippen molar-refractivity contribution >= 4 is 17.5 Å². The molecule has 5 heteroatoms. The SMILES string of the molecule is COc1ccccc1N1C[C@H](C(=O)NCc2ccccc2C)CC1=O. The second kappa shape index (κ2) is 7.38. The summed E-state index contributed by atoms with van der Waals surface area (Å²) in [6.45, 7) is 2.87. The van der Waals surface area contributed by atoms with Crippen molar-refractivity contribution in [3.63, 3.8) is 0 Å². The van der Waals surface area contributed by atoms with Crippen molar-refractivity contribution in [2.45, 2.75) is 19.9 Å². The maximum Gasteiger partial charge on any atom is 0.227 e. The Balaban J connectivity index is 1.66. The lowest BCUT2D eigenvalue weighted by Gasteiger charge is -2.19. The fourth-order valence-electron chi connectivity index (χ4n) is 3.10. The number of hydrogen-bond acceptors (Lipinski definition) is 3. The zero-order valence-electron chi connectivity index (χ0n) is 14.5. The Hall–Kier alpha value is -2.82. The first kappa shape index (κ1) is 17.0. The second-order valence-corrected chi connectivity index (χ2v) is 6.22. The van der Waals surface area contributed by atoms with E-state index in [9.17, 15) is 9.59 Å². The zero-order chi connectivity index (χ0) is 17.8. The van der Waals surface area contributed by atoms with Crippen LogP contribution in [0.2, 0.25) is 0 Å². The fraction of sp³-hybridized carbons (Fsp3) is 0.300. The Morgan fingerprint density at radius 1 is 1.20 bits per heavy atom. The molecule has 0 aliphatic carbocycles. The Morgan fingerprint density at radius 3 is 2.68 bits per heavy atom. The Bertz CT molecular complexity index is 788. The predicted octanol–water partition coefficient (Wildman–Crippen LogP) is 2.67. The molecule has 1 saturated heterocycles. The Kier molecular flexibility index (Phi) is 5.03. The fourth-order valence-corrected chi connectivity index (χ4v) is 3.10. The van der Waals surface area contributed by atoms with Gasteiger partial charge in [0.25, 0.3) is 0 Å². The number of ether oxygens (including phenoxy) is 1. The van der Waals surface area contributed by atoms with Crippen LogP contribution in [0.3, 0.4) is 0 Å². The van der Waals surface area contributed by atoms with Crippen molar-refractivity contribution in [3.8, 4) is 5.75 Å². The molecule has 0 spiro atoms. The summed E-state index contributed by atoms with van der Waals surface area (Å²) >= 11 is 0. The highest BCUT2D eigenvalue weighted by Crippen LogP contribution is 2.32. The first-order chi connectivity index (χ1) is 12.1. The molecule has 130 valence electrons. The van der Waals surface area contributed by atoms with E-state index in [1.54, 1.807) is 12.0 Å². The molecule has 0 saturated carbocycles. The van der Waals surface area contributed by atoms with Gasteiger partial charge >= 0.3 is 0 Å². The minimum atomic E-state index is -0.346. The van der Waals surface area contributed by atoms with Crippen molar-refractivity contribution < 1.29 is 14.3 Å². The summed E-state index contributed by atoms with van der Waals surface area (Å²) in [6, 6.07) is 15.3. The lowest BCUT2D eigenvalue weighted by Crippen LogP contribution is -2.32. The van der Waals surface area contributed by atoms with Crippen molar-refractivity contribution in [3.05, 3.63) is 59.7 Å². The van der Waals surface area contributed by atoms with Gasteiger partial charge in [0.2, 0.25) is 11.8 Å². The maximum atomic E-state index is 12.5. The van der Waals surface area contributed by atoms with Crippen LogP contribution in [0.5, 0.6) is 5.75 Å². The lowest BCUT2D eigenvalue weighted by molar-refractivity contribution is -0.126. The molecule has 1 aliphatic rings. The first-order valence-electron chi connectivity index (χ1n) is 8.35. The van der Waals surface area contributed by atoms with Gasteiger partial charge in [-0.1, -0.05) is 36.4 Å². The molecule has 1 heterocycles. The number of nitrogens with one attached hydrogen (secondary N) is 1. The van der Waals surface area contributed by atoms with Gasteiger partial charge in [-0.15, -0.1) is 0 Å². The molecular weight excluding hydrogens is 316 g/mol. The van der Waals surface area contributed by atoms with Crippen molar-refractivity contribution in [2.75, 3.05) is 18.6 Å². The number of aryl methyl sites for hydroxylation is 1. The summed E-state index contributed by atoms with van der Waals surface area (Å²) in [7, 11) is 1.58. The van der Waals surface area contributed by atoms with E-state index in [1.165, 1.54) is 0 Å². The van der Waals surface area contributed by atoms with Crippen LogP contribution in [0, 0.1) is 12.8 Å². The normalized spacial score (nSPS) is 16.8. The molecule has 1 N–H and O–H groups in total. The molecule has 0 bridgehead atoms. The molecule has 2 aromatic carbocycles. The number of nitrogens with zero attached hydrogens (tertiary/aromatic N) is 1. The van der Waals surface area contributed by atoms with Gasteiger partial charge in [0.1, 0.15) is 5.75 Å². The van der Waals surface area contributed by atoms with E-state index >= 15 is 0 Å². The Labute approximate surface area is 147 Å². The van der Waals surface area contributed by atoms with Gasteiger partial charge in [-0.25, -0.2) is 0 Å². The quantitative estimate of drug-likeness (QED) is 0.912. The van der Waals surface area contributed by atoms with Gasteiger partial charge in [0, 0.05) is 19.5 Å². The molecular formula is C20H22N2O3. The second-order valence-electron chi connectivity index (χ2n) is 6.22. The van der Waals surface area contributed by atoms with E-state index in [2.05, 4.69) is 5.32 Å². The number of carbonyl (C=O) groups excluding carboxylic acids is 2. The molecule has 0 unspecified atom stereocenters. The molecule has 1 fully saturated rings. The maximum absolute atomic E-state index is 12.5. The van der Waals surface area contributed by atoms with Crippen molar-refractivity contribution in [1.82, 2.24) is 5.32 Å². The highest BCUT2D eigenvalue weighted by Gasteiger charge is 2.36. The number of benzene rings is 2. The Morgan fingerprint density at radius 2 is 1.92 bits per heavy atom. The number of anilines is 1. The highest BCUT2D eigenvalue weighted by atomic mass is 16.5. The van der Waals surface area contributed by atoms with Gasteiger partial charge in [-0.2, -0.15) is 0 Å². The number of amides is 2. The van der Waals surface area contributed by atoms with Crippen LogP contribution in [0.15, 0.2) is 48.5 Å². The topological polar surface area (TPSA) is 58.6 Å². The van der Waals surface area contributed by atoms with Gasteiger partial charge < -0.3 is 15.0 Å². The summed E-state index contributed by atoms with van der Waals surface area (Å²) in [5, 5.41) is 2.95. The molecule has 0 radical (unpaired) electrons. The van der Waals surface area contributed by atoms with Crippen LogP contribution >= 0.6 is 0 Å². The minimum Gasteiger partial charge on any atom is -0.495 e. The summed E-state index contributed by atoms with van der Waals surface area (Å²) in [4.78, 5) is 26.5. The number of hydrogen-bond donors (Lipinski definition) is 1. The van der Waals surface area contributed by atoms with Gasteiger partial charge in [0.15, 0.2) is 0 Å². The van der Waals surface area contributed by atoms with E-state index in [0.29, 0.717) is 24.5 Å². The summed E-state index contributed by atoms with van der Waals surface area (Å²) in [5.74, 6) is 0.146. The number of carbonyl (C=O) groups is 2. The first-order valence-corrected chi connectivity index (χ1v) is 8.35. The molecule has 1 aliphatic heterocycles. The van der Waals surface area contributed by atoms with Crippen molar-refractivity contribution in [1.29, 1.82) is 0 Å². The van der Waals surface area contributed by atoms with Crippen LogP contribution in [-0.2, 0) is 16.1 Å². The third-order valence-electron chi connectivity index (χ3n) is 4.59. The molecule has 3 rings (SSSR count). The van der Waals surface area contributed by atoms with Gasteiger partial charge in [0.05, 0.1) is 18.7 Å². The largest absolute Gasteiger partial charge is 0.495 e. The third kappa shape index (κ3) is 3.65. The van der Waals surface area contributed by atoms with Crippen LogP contribution in [0.4, 0.5) is 5.69 Å². The molecule has 0 aromatic heterocycles. The van der Waals surface area contributed by atoms with Crippen molar-refractivity contribution in [2.24, 2.45) is 5.92 Å². The van der Waals surface area contributed by atoms with Crippen LogP contribution in [0.1, 0.15) is 17.5 Å². The standard InChI is InChI=1S/C20H22N2O3/c1-14-7-3-4-8-15(14)12-21-20(24)16-11-19(23)22(13-16)17-9-5-6-10-18(17)25-2/h3-10,16H,11-13H2,1-2H3,(H,21,24)/t16-/m1/s1. The molecule has 25 heavy (non-hydrogen) atoms. The molecule has 5 nitrogen and oxygen atoms in total. The van der Waals surface area contributed by atoms with E-state index in [1.807, 2.05) is 55.5 Å². The average molecular weight is 338 g/mol. The highest BCUT2D eigenvalue weighted by molar-refractivity contribution is 6.01. The summed E-state index contributed by atoms with van der Waals surface area (Å²) in [6.07, 6.45) is 0.220. The number of para-hydroxylation sites is 2. The van der Waals surface area contributed by atoms with E-state index in [4.69, 9.17) is 4.74 Å².